The molecule has 0 N–H and O–H groups in total. The molecule has 4 heterocycles. The highest BCUT2D eigenvalue weighted by molar-refractivity contribution is 7.26. The third kappa shape index (κ3) is 4.87. The molecule has 0 aliphatic heterocycles. The molecule has 0 unspecified atom stereocenters. The molecule has 0 saturated carbocycles. The Kier molecular flexibility index (Phi) is 6.82. The van der Waals surface area contributed by atoms with Crippen LogP contribution in [0.15, 0.2) is 186 Å². The lowest BCUT2D eigenvalue weighted by atomic mass is 10.0. The minimum atomic E-state index is 0.570. The predicted octanol–water partition coefficient (Wildman–Crippen LogP) is 14.5. The molecule has 0 saturated heterocycles. The number of thiophene rings is 1. The van der Waals surface area contributed by atoms with Gasteiger partial charge in [0.2, 0.25) is 0 Å². The van der Waals surface area contributed by atoms with Crippen molar-refractivity contribution in [2.75, 3.05) is 0 Å². The number of hydrogen-bond donors (Lipinski definition) is 0. The van der Waals surface area contributed by atoms with Crippen molar-refractivity contribution in [2.45, 2.75) is 0 Å². The summed E-state index contributed by atoms with van der Waals surface area (Å²) >= 11 is 1.78. The van der Waals surface area contributed by atoms with Crippen molar-refractivity contribution in [2.24, 2.45) is 0 Å². The van der Waals surface area contributed by atoms with E-state index in [1.807, 2.05) is 12.1 Å². The molecule has 0 aliphatic rings. The van der Waals surface area contributed by atoms with Crippen molar-refractivity contribution in [3.63, 3.8) is 0 Å². The highest BCUT2D eigenvalue weighted by Gasteiger charge is 2.25. The number of nitrogens with zero attached hydrogens (tertiary/aromatic N) is 4. The third-order valence-corrected chi connectivity index (χ3v) is 13.0. The highest BCUT2D eigenvalue weighted by Crippen LogP contribution is 2.44. The zero-order valence-corrected chi connectivity index (χ0v) is 32.2. The zero-order chi connectivity index (χ0) is 38.6. The first-order valence-electron chi connectivity index (χ1n) is 19.8. The van der Waals surface area contributed by atoms with Crippen LogP contribution in [0.1, 0.15) is 0 Å². The molecule has 4 aromatic heterocycles. The van der Waals surface area contributed by atoms with E-state index in [1.54, 1.807) is 11.3 Å². The van der Waals surface area contributed by atoms with E-state index in [2.05, 4.69) is 174 Å². The lowest BCUT2D eigenvalue weighted by molar-refractivity contribution is 0.666. The standard InChI is InChI=1S/C53H30N4OS/c1-2-13-32-28-35(25-24-31(32)12-1)51-54-52(56-53(55-51)42-20-11-19-40-38-18-7-10-23-47(38)59-50(40)42)41-27-26-39-37-17-6-9-22-46(37)58-49(39)48(41)57-44-21-8-5-16-36(44)43-29-33-14-3-4-15-34(33)30-45(43)57/h1-30H. The second kappa shape index (κ2) is 12.4. The summed E-state index contributed by atoms with van der Waals surface area (Å²) in [5.41, 5.74) is 7.40. The van der Waals surface area contributed by atoms with Crippen LogP contribution in [0.3, 0.4) is 0 Å². The Morgan fingerprint density at radius 2 is 1.07 bits per heavy atom. The molecule has 59 heavy (non-hydrogen) atoms. The van der Waals surface area contributed by atoms with Gasteiger partial charge in [-0.15, -0.1) is 11.3 Å². The van der Waals surface area contributed by atoms with Crippen LogP contribution in [-0.4, -0.2) is 19.5 Å². The van der Waals surface area contributed by atoms with E-state index in [0.717, 1.165) is 76.2 Å². The van der Waals surface area contributed by atoms with E-state index in [4.69, 9.17) is 19.4 Å². The Hall–Kier alpha value is -7.67. The number of benzene rings is 9. The molecule has 0 radical (unpaired) electrons. The first kappa shape index (κ1) is 32.4. The maximum Gasteiger partial charge on any atom is 0.166 e. The summed E-state index contributed by atoms with van der Waals surface area (Å²) < 4.78 is 11.7. The van der Waals surface area contributed by atoms with Crippen LogP contribution in [-0.2, 0) is 0 Å². The Morgan fingerprint density at radius 1 is 0.407 bits per heavy atom. The number of hydrogen-bond acceptors (Lipinski definition) is 5. The SMILES string of the molecule is c1ccc2cc(-c3nc(-c4ccc5c(oc6ccccc65)c4-n4c5ccccc5c5cc6ccccc6cc54)nc(-c4cccc5c4sc4ccccc45)n3)ccc2c1. The van der Waals surface area contributed by atoms with Gasteiger partial charge in [-0.2, -0.15) is 0 Å². The summed E-state index contributed by atoms with van der Waals surface area (Å²) in [7, 11) is 0. The quantitative estimate of drug-likeness (QED) is 0.179. The molecule has 9 aromatic carbocycles. The van der Waals surface area contributed by atoms with Crippen LogP contribution in [0.5, 0.6) is 0 Å². The fourth-order valence-corrected chi connectivity index (χ4v) is 10.3. The zero-order valence-electron chi connectivity index (χ0n) is 31.4. The highest BCUT2D eigenvalue weighted by atomic mass is 32.1. The van der Waals surface area contributed by atoms with Crippen LogP contribution in [0.4, 0.5) is 0 Å². The van der Waals surface area contributed by atoms with E-state index in [-0.39, 0.29) is 0 Å². The molecule has 0 bridgehead atoms. The summed E-state index contributed by atoms with van der Waals surface area (Å²) in [5.74, 6) is 1.80. The predicted molar refractivity (Wildman–Crippen MR) is 246 cm³/mol. The molecule has 0 spiro atoms. The van der Waals surface area contributed by atoms with Gasteiger partial charge in [0.05, 0.1) is 11.0 Å². The minimum Gasteiger partial charge on any atom is -0.454 e. The van der Waals surface area contributed by atoms with Crippen molar-refractivity contribution >= 4 is 96.8 Å². The maximum absolute atomic E-state index is 6.93. The van der Waals surface area contributed by atoms with E-state index in [1.165, 1.54) is 31.6 Å². The molecule has 13 aromatic rings. The second-order valence-corrected chi connectivity index (χ2v) is 16.2. The number of fused-ring (bicyclic) bond motifs is 11. The average molecular weight is 771 g/mol. The Bertz CT molecular complexity index is 3870. The van der Waals surface area contributed by atoms with E-state index < -0.39 is 0 Å². The molecule has 0 amide bonds. The van der Waals surface area contributed by atoms with Crippen LogP contribution >= 0.6 is 11.3 Å². The summed E-state index contributed by atoms with van der Waals surface area (Å²) in [4.78, 5) is 16.2. The molecule has 0 atom stereocenters. The molecule has 0 fully saturated rings. The summed E-state index contributed by atoms with van der Waals surface area (Å²) in [6.07, 6.45) is 0. The Balaban J connectivity index is 1.16. The summed E-state index contributed by atoms with van der Waals surface area (Å²) in [6, 6.07) is 64.3. The number of furan rings is 1. The van der Waals surface area contributed by atoms with E-state index in [9.17, 15) is 0 Å². The molecular weight excluding hydrogens is 741 g/mol. The normalized spacial score (nSPS) is 12.1. The van der Waals surface area contributed by atoms with Gasteiger partial charge in [-0.05, 0) is 76.1 Å². The number of para-hydroxylation sites is 2. The van der Waals surface area contributed by atoms with Crippen molar-refractivity contribution < 1.29 is 4.42 Å². The van der Waals surface area contributed by atoms with Crippen molar-refractivity contribution in [3.05, 3.63) is 182 Å². The first-order valence-corrected chi connectivity index (χ1v) is 20.6. The van der Waals surface area contributed by atoms with Crippen molar-refractivity contribution in [1.29, 1.82) is 0 Å². The molecule has 274 valence electrons. The number of rotatable bonds is 4. The van der Waals surface area contributed by atoms with E-state index in [0.29, 0.717) is 17.5 Å². The topological polar surface area (TPSA) is 56.7 Å². The lowest BCUT2D eigenvalue weighted by Gasteiger charge is -2.15. The smallest absolute Gasteiger partial charge is 0.166 e. The van der Waals surface area contributed by atoms with Gasteiger partial charge in [0.1, 0.15) is 11.3 Å². The average Bonchev–Trinajstić information content (AvgIpc) is 3.97. The van der Waals surface area contributed by atoms with E-state index >= 15 is 0 Å². The summed E-state index contributed by atoms with van der Waals surface area (Å²) in [6.45, 7) is 0. The molecule has 5 nitrogen and oxygen atoms in total. The fourth-order valence-electron chi connectivity index (χ4n) is 9.07. The maximum atomic E-state index is 6.93. The molecule has 6 heteroatoms. The van der Waals surface area contributed by atoms with Gasteiger partial charge in [-0.1, -0.05) is 127 Å². The summed E-state index contributed by atoms with van der Waals surface area (Å²) in [5, 5.41) is 11.5. The third-order valence-electron chi connectivity index (χ3n) is 11.8. The minimum absolute atomic E-state index is 0.570. The lowest BCUT2D eigenvalue weighted by Crippen LogP contribution is -2.04. The van der Waals surface area contributed by atoms with Gasteiger partial charge in [0.15, 0.2) is 23.1 Å². The molecule has 13 rings (SSSR count). The molecular formula is C53H30N4OS. The van der Waals surface area contributed by atoms with Gasteiger partial charge in [-0.25, -0.2) is 15.0 Å². The van der Waals surface area contributed by atoms with Gasteiger partial charge < -0.3 is 8.98 Å². The number of aromatic nitrogens is 4. The van der Waals surface area contributed by atoms with Crippen LogP contribution in [0.2, 0.25) is 0 Å². The van der Waals surface area contributed by atoms with Gasteiger partial charge in [0.25, 0.3) is 0 Å². The van der Waals surface area contributed by atoms with Crippen LogP contribution in [0, 0.1) is 0 Å². The Morgan fingerprint density at radius 3 is 1.93 bits per heavy atom. The van der Waals surface area contributed by atoms with Gasteiger partial charge in [-0.3, -0.25) is 0 Å². The van der Waals surface area contributed by atoms with Gasteiger partial charge in [0, 0.05) is 58.4 Å². The largest absolute Gasteiger partial charge is 0.454 e. The van der Waals surface area contributed by atoms with Crippen molar-refractivity contribution in [3.8, 4) is 39.9 Å². The second-order valence-electron chi connectivity index (χ2n) is 15.2. The monoisotopic (exact) mass is 770 g/mol. The molecule has 0 aliphatic carbocycles. The fraction of sp³-hybridized carbons (Fsp3) is 0. The van der Waals surface area contributed by atoms with Gasteiger partial charge >= 0.3 is 0 Å². The van der Waals surface area contributed by atoms with Crippen LogP contribution in [0.25, 0.3) is 125 Å². The first-order chi connectivity index (χ1) is 29.2. The van der Waals surface area contributed by atoms with Crippen molar-refractivity contribution in [1.82, 2.24) is 19.5 Å². The Labute approximate surface area is 341 Å². The van der Waals surface area contributed by atoms with Crippen LogP contribution < -0.4 is 0 Å².